The van der Waals surface area contributed by atoms with Gasteiger partial charge in [0.1, 0.15) is 12.3 Å². The van der Waals surface area contributed by atoms with Gasteiger partial charge in [-0.05, 0) is 31.5 Å². The van der Waals surface area contributed by atoms with Crippen molar-refractivity contribution in [2.75, 3.05) is 37.8 Å². The Kier molecular flexibility index (Phi) is 6.94. The zero-order valence-corrected chi connectivity index (χ0v) is 14.7. The van der Waals surface area contributed by atoms with Crippen molar-refractivity contribution in [2.24, 2.45) is 0 Å². The minimum Gasteiger partial charge on any atom is -0.482 e. The molecule has 0 aliphatic carbocycles. The van der Waals surface area contributed by atoms with Gasteiger partial charge in [0.25, 0.3) is 5.91 Å². The first-order valence-electron chi connectivity index (χ1n) is 8.51. The van der Waals surface area contributed by atoms with E-state index in [9.17, 15) is 14.4 Å². The molecule has 0 saturated carbocycles. The largest absolute Gasteiger partial charge is 0.482 e. The molecule has 7 nitrogen and oxygen atoms in total. The maximum absolute atomic E-state index is 12.2. The smallest absolute Gasteiger partial charge is 0.265 e. The van der Waals surface area contributed by atoms with E-state index in [1.54, 1.807) is 25.1 Å². The highest BCUT2D eigenvalue weighted by Crippen LogP contribution is 2.33. The predicted octanol–water partition coefficient (Wildman–Crippen LogP) is 1.55. The number of hydrogen-bond acceptors (Lipinski definition) is 5. The molecule has 0 saturated heterocycles. The number of nitrogens with zero attached hydrogens (tertiary/aromatic N) is 1. The lowest BCUT2D eigenvalue weighted by Gasteiger charge is -2.29. The van der Waals surface area contributed by atoms with Crippen LogP contribution in [0.25, 0.3) is 0 Å². The highest BCUT2D eigenvalue weighted by molar-refractivity contribution is 6.04. The topological polar surface area (TPSA) is 84.9 Å². The van der Waals surface area contributed by atoms with E-state index in [4.69, 9.17) is 9.47 Å². The molecular weight excluding hydrogens is 324 g/mol. The molecule has 0 spiro atoms. The quantitative estimate of drug-likeness (QED) is 0.541. The first kappa shape index (κ1) is 18.9. The van der Waals surface area contributed by atoms with Gasteiger partial charge in [0.15, 0.2) is 12.4 Å². The van der Waals surface area contributed by atoms with E-state index in [-0.39, 0.29) is 30.7 Å². The summed E-state index contributed by atoms with van der Waals surface area (Å²) in [5.74, 6) is -0.0967. The van der Waals surface area contributed by atoms with Crippen LogP contribution in [0.5, 0.6) is 5.75 Å². The van der Waals surface area contributed by atoms with Crippen molar-refractivity contribution in [3.8, 4) is 5.75 Å². The average molecular weight is 348 g/mol. The molecule has 25 heavy (non-hydrogen) atoms. The molecular formula is C18H24N2O5. The predicted molar refractivity (Wildman–Crippen MR) is 93.0 cm³/mol. The molecule has 1 N–H and O–H groups in total. The number of ether oxygens (including phenoxy) is 2. The van der Waals surface area contributed by atoms with Crippen molar-refractivity contribution >= 4 is 23.3 Å². The van der Waals surface area contributed by atoms with E-state index >= 15 is 0 Å². The van der Waals surface area contributed by atoms with Crippen LogP contribution >= 0.6 is 0 Å². The van der Waals surface area contributed by atoms with E-state index in [1.165, 1.54) is 4.90 Å². The normalized spacial score (nSPS) is 13.2. The van der Waals surface area contributed by atoms with Crippen LogP contribution in [0.15, 0.2) is 18.2 Å². The summed E-state index contributed by atoms with van der Waals surface area (Å²) in [5, 5.41) is 2.77. The number of fused-ring (bicyclic) bond motifs is 1. The Labute approximate surface area is 147 Å². The van der Waals surface area contributed by atoms with Crippen LogP contribution in [-0.4, -0.2) is 50.5 Å². The number of hydrogen-bond donors (Lipinski definition) is 1. The van der Waals surface area contributed by atoms with Crippen molar-refractivity contribution in [3.05, 3.63) is 23.8 Å². The van der Waals surface area contributed by atoms with Crippen LogP contribution in [0.4, 0.5) is 5.69 Å². The third-order valence-corrected chi connectivity index (χ3v) is 3.84. The third-order valence-electron chi connectivity index (χ3n) is 3.84. The summed E-state index contributed by atoms with van der Waals surface area (Å²) in [6, 6.07) is 4.95. The van der Waals surface area contributed by atoms with E-state index < -0.39 is 0 Å². The highest BCUT2D eigenvalue weighted by Gasteiger charge is 2.28. The monoisotopic (exact) mass is 348 g/mol. The van der Waals surface area contributed by atoms with Crippen molar-refractivity contribution < 1.29 is 23.9 Å². The molecule has 0 bridgehead atoms. The van der Waals surface area contributed by atoms with E-state index in [0.717, 1.165) is 0 Å². The maximum atomic E-state index is 12.2. The Morgan fingerprint density at radius 2 is 2.12 bits per heavy atom. The number of anilines is 1. The molecule has 2 rings (SSSR count). The molecule has 1 heterocycles. The number of nitrogens with one attached hydrogen (secondary N) is 1. The number of amides is 2. The van der Waals surface area contributed by atoms with Crippen LogP contribution in [-0.2, 0) is 14.3 Å². The fourth-order valence-corrected chi connectivity index (χ4v) is 2.50. The van der Waals surface area contributed by atoms with Crippen LogP contribution in [0.2, 0.25) is 0 Å². The second-order valence-electron chi connectivity index (χ2n) is 5.63. The molecule has 2 amide bonds. The van der Waals surface area contributed by atoms with E-state index in [0.29, 0.717) is 49.6 Å². The molecule has 0 aromatic heterocycles. The number of benzene rings is 1. The van der Waals surface area contributed by atoms with Gasteiger partial charge in [-0.25, -0.2) is 0 Å². The number of carbonyl (C=O) groups excluding carboxylic acids is 3. The van der Waals surface area contributed by atoms with Crippen molar-refractivity contribution in [2.45, 2.75) is 26.7 Å². The lowest BCUT2D eigenvalue weighted by atomic mass is 10.1. The first-order valence-corrected chi connectivity index (χ1v) is 8.51. The summed E-state index contributed by atoms with van der Waals surface area (Å²) in [6.07, 6.45) is 1.08. The Morgan fingerprint density at radius 1 is 1.32 bits per heavy atom. The summed E-state index contributed by atoms with van der Waals surface area (Å²) in [7, 11) is 0. The third kappa shape index (κ3) is 5.03. The Morgan fingerprint density at radius 3 is 2.84 bits per heavy atom. The van der Waals surface area contributed by atoms with Crippen molar-refractivity contribution in [1.82, 2.24) is 5.32 Å². The molecule has 1 aromatic rings. The Hall–Kier alpha value is -2.41. The molecule has 1 aromatic carbocycles. The number of rotatable bonds is 9. The van der Waals surface area contributed by atoms with Gasteiger partial charge in [0, 0.05) is 31.7 Å². The molecule has 1 aliphatic heterocycles. The zero-order chi connectivity index (χ0) is 18.2. The molecule has 0 unspecified atom stereocenters. The van der Waals surface area contributed by atoms with Crippen LogP contribution in [0.3, 0.4) is 0 Å². The maximum Gasteiger partial charge on any atom is 0.265 e. The molecule has 1 aliphatic rings. The molecule has 0 radical (unpaired) electrons. The SMILES string of the molecule is CCOCCCNC(=O)CN1C(=O)COc2ccc(C(=O)CC)cc21. The molecule has 136 valence electrons. The zero-order valence-electron chi connectivity index (χ0n) is 14.7. The lowest BCUT2D eigenvalue weighted by molar-refractivity contribution is -0.125. The number of ketones is 1. The highest BCUT2D eigenvalue weighted by atomic mass is 16.5. The van der Waals surface area contributed by atoms with Gasteiger partial charge in [-0.15, -0.1) is 0 Å². The van der Waals surface area contributed by atoms with Gasteiger partial charge in [-0.2, -0.15) is 0 Å². The van der Waals surface area contributed by atoms with Gasteiger partial charge in [0.05, 0.1) is 5.69 Å². The average Bonchev–Trinajstić information content (AvgIpc) is 2.62. The minimum atomic E-state index is -0.307. The van der Waals surface area contributed by atoms with Crippen molar-refractivity contribution in [3.63, 3.8) is 0 Å². The summed E-state index contributed by atoms with van der Waals surface area (Å²) >= 11 is 0. The van der Waals surface area contributed by atoms with Gasteiger partial charge < -0.3 is 14.8 Å². The van der Waals surface area contributed by atoms with E-state index in [2.05, 4.69) is 5.32 Å². The fourth-order valence-electron chi connectivity index (χ4n) is 2.50. The van der Waals surface area contributed by atoms with Gasteiger partial charge in [-0.3, -0.25) is 19.3 Å². The number of carbonyl (C=O) groups is 3. The second kappa shape index (κ2) is 9.17. The summed E-state index contributed by atoms with van der Waals surface area (Å²) in [5.41, 5.74) is 0.960. The van der Waals surface area contributed by atoms with Crippen LogP contribution in [0, 0.1) is 0 Å². The lowest BCUT2D eigenvalue weighted by Crippen LogP contribution is -2.45. The summed E-state index contributed by atoms with van der Waals surface area (Å²) < 4.78 is 10.6. The second-order valence-corrected chi connectivity index (χ2v) is 5.63. The number of Topliss-reactive ketones (excluding diaryl/α,β-unsaturated/α-hetero) is 1. The van der Waals surface area contributed by atoms with Gasteiger partial charge in [0.2, 0.25) is 5.91 Å². The van der Waals surface area contributed by atoms with Crippen LogP contribution < -0.4 is 15.0 Å². The van der Waals surface area contributed by atoms with Crippen molar-refractivity contribution in [1.29, 1.82) is 0 Å². The summed E-state index contributed by atoms with van der Waals surface area (Å²) in [4.78, 5) is 37.6. The molecule has 7 heteroatoms. The van der Waals surface area contributed by atoms with Crippen LogP contribution in [0.1, 0.15) is 37.0 Å². The molecule has 0 atom stereocenters. The Bertz CT molecular complexity index is 644. The molecule has 0 fully saturated rings. The fraction of sp³-hybridized carbons (Fsp3) is 0.500. The van der Waals surface area contributed by atoms with Gasteiger partial charge in [-0.1, -0.05) is 6.92 Å². The first-order chi connectivity index (χ1) is 12.1. The van der Waals surface area contributed by atoms with Gasteiger partial charge >= 0.3 is 0 Å². The summed E-state index contributed by atoms with van der Waals surface area (Å²) in [6.45, 7) is 5.18. The minimum absolute atomic E-state index is 0.0267. The Balaban J connectivity index is 2.04. The van der Waals surface area contributed by atoms with E-state index in [1.807, 2.05) is 6.92 Å². The standard InChI is InChI=1S/C18H24N2O5/c1-3-15(21)13-6-7-16-14(10-13)20(18(23)12-25-16)11-17(22)19-8-5-9-24-4-2/h6-7,10H,3-5,8-9,11-12H2,1-2H3,(H,19,22).